The van der Waals surface area contributed by atoms with Gasteiger partial charge in [0.15, 0.2) is 0 Å². The summed E-state index contributed by atoms with van der Waals surface area (Å²) in [5.41, 5.74) is 2.28. The topological polar surface area (TPSA) is 126 Å². The van der Waals surface area contributed by atoms with Crippen molar-refractivity contribution in [3.63, 3.8) is 0 Å². The van der Waals surface area contributed by atoms with Crippen molar-refractivity contribution < 1.29 is 27.5 Å². The lowest BCUT2D eigenvalue weighted by Crippen LogP contribution is -2.31. The maximum absolute atomic E-state index is 12.5. The zero-order chi connectivity index (χ0) is 20.2. The smallest absolute Gasteiger partial charge is 0.371 e. The number of amides is 1. The van der Waals surface area contributed by atoms with Crippen LogP contribution in [0.3, 0.4) is 0 Å². The van der Waals surface area contributed by atoms with Crippen LogP contribution in [0, 0.1) is 20.8 Å². The molecule has 2 rings (SSSR count). The Morgan fingerprint density at radius 1 is 1.11 bits per heavy atom. The van der Waals surface area contributed by atoms with E-state index in [1.54, 1.807) is 26.0 Å². The van der Waals surface area contributed by atoms with Gasteiger partial charge in [-0.25, -0.2) is 17.9 Å². The first-order valence-corrected chi connectivity index (χ1v) is 9.74. The van der Waals surface area contributed by atoms with Crippen molar-refractivity contribution >= 4 is 21.9 Å². The second kappa shape index (κ2) is 8.36. The van der Waals surface area contributed by atoms with Gasteiger partial charge in [-0.05, 0) is 44.0 Å². The minimum atomic E-state index is -3.72. The number of furan rings is 1. The van der Waals surface area contributed by atoms with Crippen LogP contribution < -0.4 is 10.0 Å². The van der Waals surface area contributed by atoms with Crippen LogP contribution in [0.2, 0.25) is 0 Å². The van der Waals surface area contributed by atoms with Gasteiger partial charge in [0, 0.05) is 13.0 Å². The first-order chi connectivity index (χ1) is 12.6. The van der Waals surface area contributed by atoms with Gasteiger partial charge in [0.2, 0.25) is 21.7 Å². The molecule has 9 heteroatoms. The van der Waals surface area contributed by atoms with Crippen LogP contribution in [0.5, 0.6) is 0 Å². The number of sulfonamides is 1. The third-order valence-corrected chi connectivity index (χ3v) is 5.62. The molecule has 1 amide bonds. The van der Waals surface area contributed by atoms with E-state index in [0.717, 1.165) is 5.56 Å². The van der Waals surface area contributed by atoms with Crippen molar-refractivity contribution in [2.45, 2.75) is 38.6 Å². The van der Waals surface area contributed by atoms with Crippen LogP contribution in [0.4, 0.5) is 0 Å². The second-order valence-electron chi connectivity index (χ2n) is 6.22. The minimum Gasteiger partial charge on any atom is -0.475 e. The Labute approximate surface area is 157 Å². The maximum Gasteiger partial charge on any atom is 0.371 e. The van der Waals surface area contributed by atoms with Gasteiger partial charge in [-0.15, -0.1) is 0 Å². The Balaban J connectivity index is 1.87. The number of carbonyl (C=O) groups is 2. The Morgan fingerprint density at radius 2 is 1.74 bits per heavy atom. The lowest BCUT2D eigenvalue weighted by molar-refractivity contribution is -0.121. The van der Waals surface area contributed by atoms with Gasteiger partial charge in [0.1, 0.15) is 5.76 Å². The lowest BCUT2D eigenvalue weighted by Gasteiger charge is -2.13. The van der Waals surface area contributed by atoms with E-state index >= 15 is 0 Å². The van der Waals surface area contributed by atoms with Crippen LogP contribution in [0.25, 0.3) is 0 Å². The van der Waals surface area contributed by atoms with E-state index < -0.39 is 16.0 Å². The van der Waals surface area contributed by atoms with E-state index in [0.29, 0.717) is 16.9 Å². The van der Waals surface area contributed by atoms with Crippen molar-refractivity contribution in [3.05, 3.63) is 52.5 Å². The van der Waals surface area contributed by atoms with Crippen molar-refractivity contribution in [2.24, 2.45) is 0 Å². The van der Waals surface area contributed by atoms with E-state index in [9.17, 15) is 18.0 Å². The van der Waals surface area contributed by atoms with E-state index in [4.69, 9.17) is 9.52 Å². The molecular weight excluding hydrogens is 372 g/mol. The molecule has 1 heterocycles. The van der Waals surface area contributed by atoms with Gasteiger partial charge >= 0.3 is 5.97 Å². The molecule has 0 aliphatic rings. The molecule has 0 fully saturated rings. The molecule has 0 radical (unpaired) electrons. The van der Waals surface area contributed by atoms with Crippen LogP contribution in [0.1, 0.15) is 39.4 Å². The number of nitrogens with one attached hydrogen (secondary N) is 2. The van der Waals surface area contributed by atoms with Crippen LogP contribution in [0.15, 0.2) is 33.6 Å². The largest absolute Gasteiger partial charge is 0.475 e. The number of aromatic carboxylic acids is 1. The zero-order valence-electron chi connectivity index (χ0n) is 15.3. The Hall–Kier alpha value is -2.65. The first-order valence-electron chi connectivity index (χ1n) is 8.26. The third kappa shape index (κ3) is 5.41. The monoisotopic (exact) mass is 394 g/mol. The predicted octanol–water partition coefficient (Wildman–Crippen LogP) is 1.89. The quantitative estimate of drug-likeness (QED) is 0.628. The van der Waals surface area contributed by atoms with Crippen molar-refractivity contribution in [3.8, 4) is 0 Å². The number of carbonyl (C=O) groups excluding carboxylic acids is 1. The zero-order valence-corrected chi connectivity index (χ0v) is 16.1. The summed E-state index contributed by atoms with van der Waals surface area (Å²) in [7, 11) is -3.72. The molecule has 2 aromatic rings. The van der Waals surface area contributed by atoms with Crippen LogP contribution >= 0.6 is 0 Å². The highest BCUT2D eigenvalue weighted by Gasteiger charge is 2.19. The molecule has 1 aromatic heterocycles. The van der Waals surface area contributed by atoms with Gasteiger partial charge in [-0.2, -0.15) is 0 Å². The average Bonchev–Trinajstić information content (AvgIpc) is 3.00. The summed E-state index contributed by atoms with van der Waals surface area (Å²) in [4.78, 5) is 22.8. The molecule has 8 nitrogen and oxygen atoms in total. The standard InChI is InChI=1S/C18H22N2O6S/c1-11-8-12(2)17(13(3)9-11)27(24,25)20-7-6-16(21)19-10-14-4-5-15(26-14)18(22)23/h4-5,8-9,20H,6-7,10H2,1-3H3,(H,19,21)(H,22,23). The number of hydrogen-bond acceptors (Lipinski definition) is 5. The van der Waals surface area contributed by atoms with Crippen LogP contribution in [-0.2, 0) is 21.4 Å². The summed E-state index contributed by atoms with van der Waals surface area (Å²) >= 11 is 0. The molecule has 0 aliphatic carbocycles. The summed E-state index contributed by atoms with van der Waals surface area (Å²) in [6.07, 6.45) is -0.0598. The fraction of sp³-hybridized carbons (Fsp3) is 0.333. The summed E-state index contributed by atoms with van der Waals surface area (Å²) in [5, 5.41) is 11.3. The van der Waals surface area contributed by atoms with Gasteiger partial charge in [-0.3, -0.25) is 4.79 Å². The predicted molar refractivity (Wildman–Crippen MR) is 98.0 cm³/mol. The summed E-state index contributed by atoms with van der Waals surface area (Å²) in [6, 6.07) is 6.34. The molecule has 146 valence electrons. The van der Waals surface area contributed by atoms with Gasteiger partial charge in [0.25, 0.3) is 0 Å². The number of carboxylic acid groups (broad SMARTS) is 1. The number of carboxylic acids is 1. The molecular formula is C18H22N2O6S. The maximum atomic E-state index is 12.5. The van der Waals surface area contributed by atoms with Crippen molar-refractivity contribution in [1.82, 2.24) is 10.0 Å². The fourth-order valence-corrected chi connectivity index (χ4v) is 4.30. The highest BCUT2D eigenvalue weighted by Crippen LogP contribution is 2.21. The molecule has 0 aliphatic heterocycles. The highest BCUT2D eigenvalue weighted by molar-refractivity contribution is 7.89. The molecule has 0 unspecified atom stereocenters. The first kappa shape index (κ1) is 20.7. The summed E-state index contributed by atoms with van der Waals surface area (Å²) < 4.78 is 32.5. The third-order valence-electron chi connectivity index (χ3n) is 3.85. The number of hydrogen-bond donors (Lipinski definition) is 3. The molecule has 0 spiro atoms. The molecule has 0 saturated heterocycles. The normalized spacial score (nSPS) is 11.4. The second-order valence-corrected chi connectivity index (χ2v) is 7.93. The van der Waals surface area contributed by atoms with E-state index in [1.165, 1.54) is 12.1 Å². The summed E-state index contributed by atoms with van der Waals surface area (Å²) in [5.74, 6) is -1.49. The van der Waals surface area contributed by atoms with Crippen molar-refractivity contribution in [2.75, 3.05) is 6.54 Å². The number of aryl methyl sites for hydroxylation is 3. The average molecular weight is 394 g/mol. The summed E-state index contributed by atoms with van der Waals surface area (Å²) in [6.45, 7) is 5.33. The highest BCUT2D eigenvalue weighted by atomic mass is 32.2. The van der Waals surface area contributed by atoms with E-state index in [1.807, 2.05) is 6.92 Å². The SMILES string of the molecule is Cc1cc(C)c(S(=O)(=O)NCCC(=O)NCc2ccc(C(=O)O)o2)c(C)c1. The Morgan fingerprint density at radius 3 is 2.30 bits per heavy atom. The molecule has 27 heavy (non-hydrogen) atoms. The Bertz CT molecular complexity index is 939. The molecule has 0 saturated carbocycles. The van der Waals surface area contributed by atoms with E-state index in [2.05, 4.69) is 10.0 Å². The van der Waals surface area contributed by atoms with Crippen LogP contribution in [-0.4, -0.2) is 31.9 Å². The molecule has 0 bridgehead atoms. The molecule has 1 aromatic carbocycles. The molecule has 3 N–H and O–H groups in total. The van der Waals surface area contributed by atoms with Gasteiger partial charge in [0.05, 0.1) is 11.4 Å². The fourth-order valence-electron chi connectivity index (χ4n) is 2.82. The van der Waals surface area contributed by atoms with Gasteiger partial charge in [-0.1, -0.05) is 17.7 Å². The Kier molecular flexibility index (Phi) is 6.40. The molecule has 0 atom stereocenters. The number of rotatable bonds is 8. The number of benzene rings is 1. The minimum absolute atomic E-state index is 0.0229. The van der Waals surface area contributed by atoms with E-state index in [-0.39, 0.29) is 36.1 Å². The van der Waals surface area contributed by atoms with Gasteiger partial charge < -0.3 is 14.8 Å². The van der Waals surface area contributed by atoms with Crippen molar-refractivity contribution in [1.29, 1.82) is 0 Å². The lowest BCUT2D eigenvalue weighted by atomic mass is 10.1.